The molecule has 1 aromatic heterocycles. The number of carboxylic acids is 1. The molecule has 1 saturated carbocycles. The summed E-state index contributed by atoms with van der Waals surface area (Å²) < 4.78 is 1.91. The minimum absolute atomic E-state index is 0.0175. The highest BCUT2D eigenvalue weighted by atomic mass is 32.2. The molecule has 0 radical (unpaired) electrons. The molecule has 0 aromatic carbocycles. The van der Waals surface area contributed by atoms with Gasteiger partial charge in [0.25, 0.3) is 0 Å². The number of anilines is 1. The van der Waals surface area contributed by atoms with Crippen LogP contribution in [0.1, 0.15) is 45.6 Å². The molecule has 0 amide bonds. The lowest BCUT2D eigenvalue weighted by Gasteiger charge is -2.35. The van der Waals surface area contributed by atoms with E-state index in [4.69, 9.17) is 10.8 Å². The molecule has 1 aliphatic carbocycles. The molecule has 19 heavy (non-hydrogen) atoms. The van der Waals surface area contributed by atoms with Gasteiger partial charge in [-0.25, -0.2) is 0 Å². The van der Waals surface area contributed by atoms with Gasteiger partial charge in [-0.2, -0.15) is 0 Å². The van der Waals surface area contributed by atoms with Crippen molar-refractivity contribution < 1.29 is 9.90 Å². The van der Waals surface area contributed by atoms with Crippen LogP contribution in [0.4, 0.5) is 5.95 Å². The summed E-state index contributed by atoms with van der Waals surface area (Å²) in [5.41, 5.74) is 6.26. The maximum atomic E-state index is 10.6. The average molecular weight is 284 g/mol. The molecule has 7 heteroatoms. The zero-order chi connectivity index (χ0) is 14.0. The van der Waals surface area contributed by atoms with Gasteiger partial charge in [0.2, 0.25) is 5.95 Å². The first kappa shape index (κ1) is 14.2. The SMILES string of the molecule is CC1(C)CCC(n2c(N)nnc2SCC(=O)O)CC1. The van der Waals surface area contributed by atoms with Crippen LogP contribution in [0.15, 0.2) is 5.16 Å². The van der Waals surface area contributed by atoms with Crippen LogP contribution in [0, 0.1) is 5.41 Å². The normalized spacial score (nSPS) is 19.5. The van der Waals surface area contributed by atoms with Crippen LogP contribution in [0.3, 0.4) is 0 Å². The Morgan fingerprint density at radius 3 is 2.68 bits per heavy atom. The van der Waals surface area contributed by atoms with Gasteiger partial charge in [-0.15, -0.1) is 10.2 Å². The van der Waals surface area contributed by atoms with E-state index < -0.39 is 5.97 Å². The fourth-order valence-corrected chi connectivity index (χ4v) is 3.23. The molecule has 1 aliphatic rings. The molecule has 1 aromatic rings. The third kappa shape index (κ3) is 3.40. The van der Waals surface area contributed by atoms with Crippen LogP contribution in [-0.2, 0) is 4.79 Å². The summed E-state index contributed by atoms with van der Waals surface area (Å²) >= 11 is 1.18. The van der Waals surface area contributed by atoms with Gasteiger partial charge >= 0.3 is 5.97 Å². The highest BCUT2D eigenvalue weighted by molar-refractivity contribution is 7.99. The number of nitrogens with two attached hydrogens (primary N) is 1. The first-order chi connectivity index (χ1) is 8.89. The van der Waals surface area contributed by atoms with Crippen LogP contribution < -0.4 is 5.73 Å². The average Bonchev–Trinajstić information content (AvgIpc) is 2.68. The molecule has 1 heterocycles. The molecule has 0 atom stereocenters. The van der Waals surface area contributed by atoms with Crippen molar-refractivity contribution in [3.8, 4) is 0 Å². The number of hydrogen-bond acceptors (Lipinski definition) is 5. The first-order valence-corrected chi connectivity index (χ1v) is 7.42. The van der Waals surface area contributed by atoms with Gasteiger partial charge in [0.05, 0.1) is 5.75 Å². The molecule has 0 spiro atoms. The predicted octanol–water partition coefficient (Wildman–Crippen LogP) is 2.18. The minimum atomic E-state index is -0.858. The number of hydrogen-bond donors (Lipinski definition) is 2. The van der Waals surface area contributed by atoms with Gasteiger partial charge < -0.3 is 10.8 Å². The molecule has 0 bridgehead atoms. The van der Waals surface area contributed by atoms with Crippen LogP contribution in [-0.4, -0.2) is 31.6 Å². The molecule has 3 N–H and O–H groups in total. The zero-order valence-electron chi connectivity index (χ0n) is 11.3. The van der Waals surface area contributed by atoms with Crippen molar-refractivity contribution in [2.75, 3.05) is 11.5 Å². The molecule has 6 nitrogen and oxygen atoms in total. The number of carboxylic acid groups (broad SMARTS) is 1. The van der Waals surface area contributed by atoms with E-state index in [-0.39, 0.29) is 5.75 Å². The maximum absolute atomic E-state index is 10.6. The highest BCUT2D eigenvalue weighted by Gasteiger charge is 2.30. The molecular weight excluding hydrogens is 264 g/mol. The quantitative estimate of drug-likeness (QED) is 0.823. The van der Waals surface area contributed by atoms with E-state index in [2.05, 4.69) is 24.0 Å². The van der Waals surface area contributed by atoms with Crippen molar-refractivity contribution in [3.05, 3.63) is 0 Å². The van der Waals surface area contributed by atoms with Crippen molar-refractivity contribution >= 4 is 23.7 Å². The number of carbonyl (C=O) groups is 1. The predicted molar refractivity (Wildman–Crippen MR) is 74.1 cm³/mol. The summed E-state index contributed by atoms with van der Waals surface area (Å²) in [6.07, 6.45) is 4.35. The van der Waals surface area contributed by atoms with Crippen LogP contribution >= 0.6 is 11.8 Å². The van der Waals surface area contributed by atoms with Crippen LogP contribution in [0.2, 0.25) is 0 Å². The lowest BCUT2D eigenvalue weighted by Crippen LogP contribution is -2.24. The first-order valence-electron chi connectivity index (χ1n) is 6.44. The third-order valence-electron chi connectivity index (χ3n) is 3.69. The van der Waals surface area contributed by atoms with E-state index in [0.29, 0.717) is 22.6 Å². The van der Waals surface area contributed by atoms with Crippen molar-refractivity contribution in [1.29, 1.82) is 0 Å². The monoisotopic (exact) mass is 284 g/mol. The summed E-state index contributed by atoms with van der Waals surface area (Å²) in [6.45, 7) is 4.55. The Kier molecular flexibility index (Phi) is 4.03. The van der Waals surface area contributed by atoms with Crippen molar-refractivity contribution in [2.24, 2.45) is 5.41 Å². The second-order valence-corrected chi connectivity index (χ2v) is 6.73. The van der Waals surface area contributed by atoms with Gasteiger partial charge in [-0.1, -0.05) is 25.6 Å². The number of nitrogen functional groups attached to an aromatic ring is 1. The standard InChI is InChI=1S/C12H20N4O2S/c1-12(2)5-3-8(4-6-12)16-10(13)14-15-11(16)19-7-9(17)18/h8H,3-7H2,1-2H3,(H2,13,14)(H,17,18). The summed E-state index contributed by atoms with van der Waals surface area (Å²) in [5.74, 6) is -0.489. The topological polar surface area (TPSA) is 94.0 Å². The van der Waals surface area contributed by atoms with E-state index in [9.17, 15) is 4.79 Å². The summed E-state index contributed by atoms with van der Waals surface area (Å²) in [4.78, 5) is 10.6. The van der Waals surface area contributed by atoms with Crippen LogP contribution in [0.5, 0.6) is 0 Å². The minimum Gasteiger partial charge on any atom is -0.481 e. The fourth-order valence-electron chi connectivity index (χ4n) is 2.50. The Hall–Kier alpha value is -1.24. The van der Waals surface area contributed by atoms with E-state index >= 15 is 0 Å². The maximum Gasteiger partial charge on any atom is 0.313 e. The van der Waals surface area contributed by atoms with E-state index in [1.807, 2.05) is 4.57 Å². The smallest absolute Gasteiger partial charge is 0.313 e. The zero-order valence-corrected chi connectivity index (χ0v) is 12.1. The van der Waals surface area contributed by atoms with E-state index in [0.717, 1.165) is 25.7 Å². The van der Waals surface area contributed by atoms with E-state index in [1.54, 1.807) is 0 Å². The second kappa shape index (κ2) is 5.40. The lowest BCUT2D eigenvalue weighted by atomic mass is 9.75. The molecular formula is C12H20N4O2S. The van der Waals surface area contributed by atoms with Crippen molar-refractivity contribution in [2.45, 2.75) is 50.7 Å². The lowest BCUT2D eigenvalue weighted by molar-refractivity contribution is -0.133. The Bertz CT molecular complexity index is 462. The Balaban J connectivity index is 2.11. The number of thioether (sulfide) groups is 1. The number of aromatic nitrogens is 3. The molecule has 0 unspecified atom stereocenters. The number of nitrogens with zero attached hydrogens (tertiary/aromatic N) is 3. The highest BCUT2D eigenvalue weighted by Crippen LogP contribution is 2.41. The summed E-state index contributed by atoms with van der Waals surface area (Å²) in [5, 5.41) is 17.2. The van der Waals surface area contributed by atoms with Gasteiger partial charge in [-0.3, -0.25) is 9.36 Å². The molecule has 0 aliphatic heterocycles. The Labute approximate surface area is 116 Å². The van der Waals surface area contributed by atoms with Crippen LogP contribution in [0.25, 0.3) is 0 Å². The number of rotatable bonds is 4. The van der Waals surface area contributed by atoms with Gasteiger partial charge in [0.15, 0.2) is 5.16 Å². The molecule has 0 saturated heterocycles. The van der Waals surface area contributed by atoms with Crippen molar-refractivity contribution in [3.63, 3.8) is 0 Å². The summed E-state index contributed by atoms with van der Waals surface area (Å²) in [7, 11) is 0. The largest absolute Gasteiger partial charge is 0.481 e. The summed E-state index contributed by atoms with van der Waals surface area (Å²) in [6, 6.07) is 0.291. The van der Waals surface area contributed by atoms with Crippen molar-refractivity contribution in [1.82, 2.24) is 14.8 Å². The Morgan fingerprint density at radius 2 is 2.11 bits per heavy atom. The van der Waals surface area contributed by atoms with Gasteiger partial charge in [0.1, 0.15) is 0 Å². The van der Waals surface area contributed by atoms with Gasteiger partial charge in [-0.05, 0) is 31.1 Å². The van der Waals surface area contributed by atoms with Gasteiger partial charge in [0, 0.05) is 6.04 Å². The number of aliphatic carboxylic acids is 1. The molecule has 106 valence electrons. The third-order valence-corrected chi connectivity index (χ3v) is 4.62. The molecule has 1 fully saturated rings. The molecule has 2 rings (SSSR count). The Morgan fingerprint density at radius 1 is 1.47 bits per heavy atom. The van der Waals surface area contributed by atoms with E-state index in [1.165, 1.54) is 11.8 Å². The second-order valence-electron chi connectivity index (χ2n) is 5.79. The fraction of sp³-hybridized carbons (Fsp3) is 0.750.